The summed E-state index contributed by atoms with van der Waals surface area (Å²) in [5.41, 5.74) is 3.35. The van der Waals surface area contributed by atoms with Crippen molar-refractivity contribution in [2.24, 2.45) is 5.92 Å². The summed E-state index contributed by atoms with van der Waals surface area (Å²) in [6, 6.07) is 0. The highest BCUT2D eigenvalue weighted by molar-refractivity contribution is 5.98. The second-order valence-corrected chi connectivity index (χ2v) is 6.94. The Hall–Kier alpha value is -2.50. The van der Waals surface area contributed by atoms with E-state index in [1.165, 1.54) is 7.11 Å². The molecule has 0 aromatic heterocycles. The third-order valence-corrected chi connectivity index (χ3v) is 5.43. The van der Waals surface area contributed by atoms with Crippen LogP contribution >= 0.6 is 0 Å². The molecule has 1 aliphatic heterocycles. The molecule has 1 atom stereocenters. The number of carbonyl (C=O) groups excluding carboxylic acids is 1. The summed E-state index contributed by atoms with van der Waals surface area (Å²) < 4.78 is 10.6. The zero-order chi connectivity index (χ0) is 18.8. The first kappa shape index (κ1) is 18.3. The molecule has 0 spiro atoms. The molecule has 1 saturated carbocycles. The van der Waals surface area contributed by atoms with E-state index in [4.69, 9.17) is 14.6 Å². The Morgan fingerprint density at radius 2 is 2.15 bits per heavy atom. The number of phenolic OH excluding ortho intramolecular Hbond substituents is 1. The van der Waals surface area contributed by atoms with Crippen LogP contribution in [0, 0.1) is 12.8 Å². The molecule has 2 N–H and O–H groups in total. The van der Waals surface area contributed by atoms with E-state index in [0.717, 1.165) is 36.8 Å². The molecule has 6 heteroatoms. The molecule has 0 unspecified atom stereocenters. The van der Waals surface area contributed by atoms with Crippen molar-refractivity contribution >= 4 is 11.9 Å². The van der Waals surface area contributed by atoms with Gasteiger partial charge in [0, 0.05) is 11.1 Å². The molecular weight excluding hydrogens is 336 g/mol. The van der Waals surface area contributed by atoms with E-state index in [1.807, 2.05) is 13.0 Å². The summed E-state index contributed by atoms with van der Waals surface area (Å²) in [6.45, 7) is 2.00. The van der Waals surface area contributed by atoms with Gasteiger partial charge in [0.2, 0.25) is 0 Å². The lowest BCUT2D eigenvalue weighted by atomic mass is 9.81. The lowest BCUT2D eigenvalue weighted by molar-refractivity contribution is -0.137. The highest BCUT2D eigenvalue weighted by Crippen LogP contribution is 2.42. The Bertz CT molecular complexity index is 777. The van der Waals surface area contributed by atoms with Crippen molar-refractivity contribution in [2.45, 2.75) is 52.1 Å². The summed E-state index contributed by atoms with van der Waals surface area (Å²) in [7, 11) is 1.54. The summed E-state index contributed by atoms with van der Waals surface area (Å²) >= 11 is 0. The number of carbonyl (C=O) groups is 2. The van der Waals surface area contributed by atoms with Gasteiger partial charge in [0.15, 0.2) is 0 Å². The maximum absolute atomic E-state index is 12.0. The maximum atomic E-state index is 12.0. The first-order valence-corrected chi connectivity index (χ1v) is 8.93. The van der Waals surface area contributed by atoms with Crippen LogP contribution in [0.1, 0.15) is 59.2 Å². The number of aliphatic carboxylic acids is 1. The van der Waals surface area contributed by atoms with Crippen molar-refractivity contribution in [1.29, 1.82) is 0 Å². The first-order valence-electron chi connectivity index (χ1n) is 8.93. The minimum absolute atomic E-state index is 0.0369. The second kappa shape index (κ2) is 7.40. The van der Waals surface area contributed by atoms with Crippen molar-refractivity contribution in [3.05, 3.63) is 33.9 Å². The van der Waals surface area contributed by atoms with Crippen LogP contribution in [0.15, 0.2) is 11.6 Å². The second-order valence-electron chi connectivity index (χ2n) is 6.94. The Kier molecular flexibility index (Phi) is 5.20. The van der Waals surface area contributed by atoms with Crippen LogP contribution < -0.4 is 4.74 Å². The average molecular weight is 360 g/mol. The Morgan fingerprint density at radius 3 is 2.85 bits per heavy atom. The fraction of sp³-hybridized carbons (Fsp3) is 0.500. The molecule has 140 valence electrons. The number of esters is 1. The highest BCUT2D eigenvalue weighted by atomic mass is 16.5. The number of hydrogen-bond acceptors (Lipinski definition) is 5. The van der Waals surface area contributed by atoms with Gasteiger partial charge >= 0.3 is 11.9 Å². The number of hydrogen-bond donors (Lipinski definition) is 2. The molecule has 1 heterocycles. The van der Waals surface area contributed by atoms with Gasteiger partial charge < -0.3 is 19.7 Å². The van der Waals surface area contributed by atoms with Crippen LogP contribution in [0.3, 0.4) is 0 Å². The molecule has 0 amide bonds. The van der Waals surface area contributed by atoms with E-state index >= 15 is 0 Å². The normalized spacial score (nSPS) is 20.8. The molecule has 1 fully saturated rings. The molecule has 2 aliphatic rings. The summed E-state index contributed by atoms with van der Waals surface area (Å²) in [5.74, 6) is -0.804. The number of aromatic hydroxyl groups is 1. The van der Waals surface area contributed by atoms with Gasteiger partial charge in [-0.1, -0.05) is 18.1 Å². The molecule has 0 saturated heterocycles. The van der Waals surface area contributed by atoms with Crippen LogP contribution in [-0.4, -0.2) is 29.3 Å². The average Bonchev–Trinajstić information content (AvgIpc) is 2.99. The molecule has 3 rings (SSSR count). The van der Waals surface area contributed by atoms with Crippen LogP contribution in [0.2, 0.25) is 0 Å². The number of allylic oxidation sites excluding steroid dienone is 2. The predicted octanol–water partition coefficient (Wildman–Crippen LogP) is 3.51. The van der Waals surface area contributed by atoms with Gasteiger partial charge in [-0.3, -0.25) is 4.79 Å². The van der Waals surface area contributed by atoms with Crippen molar-refractivity contribution < 1.29 is 29.3 Å². The topological polar surface area (TPSA) is 93.1 Å². The Balaban J connectivity index is 1.96. The van der Waals surface area contributed by atoms with Gasteiger partial charge in [0.25, 0.3) is 0 Å². The van der Waals surface area contributed by atoms with Gasteiger partial charge in [-0.25, -0.2) is 4.79 Å². The number of ether oxygens (including phenoxy) is 2. The summed E-state index contributed by atoms with van der Waals surface area (Å²) in [4.78, 5) is 23.1. The number of methoxy groups -OCH3 is 1. The Morgan fingerprint density at radius 1 is 1.38 bits per heavy atom. The van der Waals surface area contributed by atoms with Crippen LogP contribution in [0.4, 0.5) is 0 Å². The largest absolute Gasteiger partial charge is 0.507 e. The van der Waals surface area contributed by atoms with Crippen molar-refractivity contribution in [3.63, 3.8) is 0 Å². The monoisotopic (exact) mass is 360 g/mol. The summed E-state index contributed by atoms with van der Waals surface area (Å²) in [6.07, 6.45) is 6.33. The molecular formula is C20H24O6. The molecule has 0 radical (unpaired) electrons. The van der Waals surface area contributed by atoms with Gasteiger partial charge in [-0.2, -0.15) is 0 Å². The molecule has 0 bridgehead atoms. The Labute approximate surface area is 152 Å². The molecule has 6 nitrogen and oxygen atoms in total. The van der Waals surface area contributed by atoms with Gasteiger partial charge in [0.1, 0.15) is 23.7 Å². The van der Waals surface area contributed by atoms with Crippen LogP contribution in [-0.2, 0) is 22.6 Å². The van der Waals surface area contributed by atoms with Crippen LogP contribution in [0.25, 0.3) is 0 Å². The predicted molar refractivity (Wildman–Crippen MR) is 94.5 cm³/mol. The lowest BCUT2D eigenvalue weighted by Crippen LogP contribution is -2.15. The van der Waals surface area contributed by atoms with E-state index in [2.05, 4.69) is 0 Å². The molecule has 1 aromatic carbocycles. The van der Waals surface area contributed by atoms with E-state index in [9.17, 15) is 14.7 Å². The standard InChI is InChI=1S/C20H24O6/c1-11-15-10-26-20(24)17(15)18(23)14(19(11)25-2)8-7-12-5-3-4-6-13(12)9-16(21)22/h7,13,23H,3-6,8-10H2,1-2H3,(H,21,22)/t13-/m0/s1. The minimum atomic E-state index is -0.792. The number of carboxylic acid groups (broad SMARTS) is 1. The maximum Gasteiger partial charge on any atom is 0.342 e. The SMILES string of the molecule is COc1c(C)c2c(c(O)c1CC=C1CCCC[C@H]1CC(=O)O)C(=O)OC2. The van der Waals surface area contributed by atoms with Gasteiger partial charge in [-0.05, 0) is 44.1 Å². The summed E-state index contributed by atoms with van der Waals surface area (Å²) in [5, 5.41) is 19.8. The number of carboxylic acids is 1. The van der Waals surface area contributed by atoms with Gasteiger partial charge in [-0.15, -0.1) is 0 Å². The molecule has 26 heavy (non-hydrogen) atoms. The fourth-order valence-corrected chi connectivity index (χ4v) is 4.08. The smallest absolute Gasteiger partial charge is 0.342 e. The van der Waals surface area contributed by atoms with E-state index < -0.39 is 11.9 Å². The minimum Gasteiger partial charge on any atom is -0.507 e. The third kappa shape index (κ3) is 3.28. The first-order chi connectivity index (χ1) is 12.4. The van der Waals surface area contributed by atoms with Gasteiger partial charge in [0.05, 0.1) is 13.5 Å². The van der Waals surface area contributed by atoms with Crippen molar-refractivity contribution in [2.75, 3.05) is 7.11 Å². The van der Waals surface area contributed by atoms with E-state index in [0.29, 0.717) is 23.3 Å². The third-order valence-electron chi connectivity index (χ3n) is 5.43. The number of fused-ring (bicyclic) bond motifs is 1. The zero-order valence-corrected chi connectivity index (χ0v) is 15.1. The van der Waals surface area contributed by atoms with Crippen LogP contribution in [0.5, 0.6) is 11.5 Å². The zero-order valence-electron chi connectivity index (χ0n) is 15.1. The lowest BCUT2D eigenvalue weighted by Gasteiger charge is -2.24. The number of rotatable bonds is 5. The quantitative estimate of drug-likeness (QED) is 0.616. The highest BCUT2D eigenvalue weighted by Gasteiger charge is 2.32. The number of phenols is 1. The van der Waals surface area contributed by atoms with E-state index in [1.54, 1.807) is 0 Å². The number of cyclic esters (lactones) is 1. The molecule has 1 aromatic rings. The fourth-order valence-electron chi connectivity index (χ4n) is 4.08. The van der Waals surface area contributed by atoms with Crippen molar-refractivity contribution in [1.82, 2.24) is 0 Å². The number of benzene rings is 1. The molecule has 1 aliphatic carbocycles. The van der Waals surface area contributed by atoms with E-state index in [-0.39, 0.29) is 30.3 Å². The van der Waals surface area contributed by atoms with Crippen molar-refractivity contribution in [3.8, 4) is 11.5 Å².